The van der Waals surface area contributed by atoms with E-state index in [9.17, 15) is 4.79 Å². The summed E-state index contributed by atoms with van der Waals surface area (Å²) in [6.45, 7) is 1.83. The van der Waals surface area contributed by atoms with Crippen molar-refractivity contribution in [3.63, 3.8) is 0 Å². The van der Waals surface area contributed by atoms with Crippen LogP contribution in [0.2, 0.25) is 0 Å². The van der Waals surface area contributed by atoms with Crippen LogP contribution in [0.15, 0.2) is 24.4 Å². The van der Waals surface area contributed by atoms with E-state index < -0.39 is 0 Å². The molecule has 1 aliphatic rings. The highest BCUT2D eigenvalue weighted by atomic mass is 16.1. The van der Waals surface area contributed by atoms with Gasteiger partial charge in [-0.25, -0.2) is 0 Å². The average Bonchev–Trinajstić information content (AvgIpc) is 3.08. The van der Waals surface area contributed by atoms with Gasteiger partial charge in [-0.15, -0.1) is 0 Å². The monoisotopic (exact) mass is 258 g/mol. The van der Waals surface area contributed by atoms with E-state index in [0.717, 1.165) is 30.4 Å². The highest BCUT2D eigenvalue weighted by Gasteiger charge is 2.14. The molecule has 1 aromatic heterocycles. The van der Waals surface area contributed by atoms with Crippen molar-refractivity contribution in [2.75, 3.05) is 13.1 Å². The van der Waals surface area contributed by atoms with Crippen molar-refractivity contribution in [2.45, 2.75) is 25.3 Å². The van der Waals surface area contributed by atoms with Crippen molar-refractivity contribution in [1.82, 2.24) is 20.8 Å². The molecular weight excluding hydrogens is 240 g/mol. The zero-order valence-electron chi connectivity index (χ0n) is 10.8. The van der Waals surface area contributed by atoms with E-state index >= 15 is 0 Å². The minimum atomic E-state index is -0.0190. The van der Waals surface area contributed by atoms with Crippen molar-refractivity contribution in [3.8, 4) is 0 Å². The maximum absolute atomic E-state index is 12.0. The first kappa shape index (κ1) is 12.2. The van der Waals surface area contributed by atoms with Crippen LogP contribution >= 0.6 is 0 Å². The van der Waals surface area contributed by atoms with Gasteiger partial charge in [-0.1, -0.05) is 6.07 Å². The molecule has 0 unspecified atom stereocenters. The van der Waals surface area contributed by atoms with Gasteiger partial charge < -0.3 is 10.6 Å². The maximum atomic E-state index is 12.0. The highest BCUT2D eigenvalue weighted by molar-refractivity contribution is 5.97. The Bertz CT molecular complexity index is 572. The SMILES string of the molecule is O=C(NCC[C@H]1CCCN1)c1ccc2cn[nH]c2c1. The number of fused-ring (bicyclic) bond motifs is 1. The lowest BCUT2D eigenvalue weighted by molar-refractivity contribution is 0.0952. The van der Waals surface area contributed by atoms with Crippen LogP contribution in [0.5, 0.6) is 0 Å². The lowest BCUT2D eigenvalue weighted by Crippen LogP contribution is -2.30. The Morgan fingerprint density at radius 3 is 3.26 bits per heavy atom. The van der Waals surface area contributed by atoms with Gasteiger partial charge in [0.2, 0.25) is 0 Å². The van der Waals surface area contributed by atoms with Crippen LogP contribution in [0, 0.1) is 0 Å². The van der Waals surface area contributed by atoms with Crippen LogP contribution in [0.3, 0.4) is 0 Å². The standard InChI is InChI=1S/C14H18N4O/c19-14(16-7-5-12-2-1-6-15-12)10-3-4-11-9-17-18-13(11)8-10/h3-4,8-9,12,15H,1-2,5-7H2,(H,16,19)(H,17,18)/t12-/m1/s1. The molecule has 3 rings (SSSR count). The normalized spacial score (nSPS) is 18.8. The first-order valence-corrected chi connectivity index (χ1v) is 6.77. The predicted octanol–water partition coefficient (Wildman–Crippen LogP) is 1.43. The van der Waals surface area contributed by atoms with E-state index in [1.807, 2.05) is 18.2 Å². The van der Waals surface area contributed by atoms with Gasteiger partial charge in [0.05, 0.1) is 11.7 Å². The van der Waals surface area contributed by atoms with E-state index in [-0.39, 0.29) is 5.91 Å². The quantitative estimate of drug-likeness (QED) is 0.777. The van der Waals surface area contributed by atoms with E-state index in [1.165, 1.54) is 12.8 Å². The number of nitrogens with zero attached hydrogens (tertiary/aromatic N) is 1. The van der Waals surface area contributed by atoms with Gasteiger partial charge in [0.15, 0.2) is 0 Å². The molecule has 1 saturated heterocycles. The third-order valence-electron chi connectivity index (χ3n) is 3.64. The molecule has 1 atom stereocenters. The number of nitrogens with one attached hydrogen (secondary N) is 3. The predicted molar refractivity (Wildman–Crippen MR) is 74.1 cm³/mol. The number of carbonyl (C=O) groups excluding carboxylic acids is 1. The molecule has 1 fully saturated rings. The summed E-state index contributed by atoms with van der Waals surface area (Å²) in [5.74, 6) is -0.0190. The molecule has 0 radical (unpaired) electrons. The minimum absolute atomic E-state index is 0.0190. The van der Waals surface area contributed by atoms with Gasteiger partial charge in [0.1, 0.15) is 0 Å². The molecule has 2 heterocycles. The van der Waals surface area contributed by atoms with Crippen molar-refractivity contribution in [2.24, 2.45) is 0 Å². The maximum Gasteiger partial charge on any atom is 0.251 e. The second-order valence-corrected chi connectivity index (χ2v) is 5.01. The zero-order chi connectivity index (χ0) is 13.1. The molecule has 0 bridgehead atoms. The fourth-order valence-corrected chi connectivity index (χ4v) is 2.54. The Hall–Kier alpha value is -1.88. The molecule has 1 aromatic carbocycles. The molecule has 5 nitrogen and oxygen atoms in total. The van der Waals surface area contributed by atoms with Gasteiger partial charge in [-0.3, -0.25) is 9.89 Å². The minimum Gasteiger partial charge on any atom is -0.352 e. The number of H-pyrrole nitrogens is 1. The summed E-state index contributed by atoms with van der Waals surface area (Å²) in [5.41, 5.74) is 1.57. The fraction of sp³-hybridized carbons (Fsp3) is 0.429. The van der Waals surface area contributed by atoms with Crippen LogP contribution in [-0.2, 0) is 0 Å². The van der Waals surface area contributed by atoms with E-state index in [1.54, 1.807) is 6.20 Å². The van der Waals surface area contributed by atoms with Crippen LogP contribution in [-0.4, -0.2) is 35.2 Å². The topological polar surface area (TPSA) is 69.8 Å². The number of rotatable bonds is 4. The summed E-state index contributed by atoms with van der Waals surface area (Å²) >= 11 is 0. The summed E-state index contributed by atoms with van der Waals surface area (Å²) in [5, 5.41) is 14.2. The van der Waals surface area contributed by atoms with E-state index in [2.05, 4.69) is 20.8 Å². The molecule has 3 N–H and O–H groups in total. The smallest absolute Gasteiger partial charge is 0.251 e. The number of amides is 1. The first-order valence-electron chi connectivity index (χ1n) is 6.77. The zero-order valence-corrected chi connectivity index (χ0v) is 10.8. The lowest BCUT2D eigenvalue weighted by atomic mass is 10.1. The number of benzene rings is 1. The molecule has 1 aliphatic heterocycles. The third kappa shape index (κ3) is 2.76. The molecule has 19 heavy (non-hydrogen) atoms. The van der Waals surface area contributed by atoms with Gasteiger partial charge in [0, 0.05) is 23.5 Å². The second kappa shape index (κ2) is 5.40. The summed E-state index contributed by atoms with van der Waals surface area (Å²) in [6.07, 6.45) is 5.21. The molecule has 5 heteroatoms. The summed E-state index contributed by atoms with van der Waals surface area (Å²) in [6, 6.07) is 6.15. The Morgan fingerprint density at radius 2 is 2.42 bits per heavy atom. The molecule has 0 aliphatic carbocycles. The Kier molecular flexibility index (Phi) is 3.46. The van der Waals surface area contributed by atoms with Gasteiger partial charge in [-0.2, -0.15) is 5.10 Å². The third-order valence-corrected chi connectivity index (χ3v) is 3.64. The molecular formula is C14H18N4O. The van der Waals surface area contributed by atoms with Crippen LogP contribution < -0.4 is 10.6 Å². The number of hydrogen-bond donors (Lipinski definition) is 3. The highest BCUT2D eigenvalue weighted by Crippen LogP contribution is 2.13. The van der Waals surface area contributed by atoms with Crippen LogP contribution in [0.1, 0.15) is 29.6 Å². The van der Waals surface area contributed by atoms with Gasteiger partial charge in [-0.05, 0) is 37.9 Å². The van der Waals surface area contributed by atoms with Crippen molar-refractivity contribution in [1.29, 1.82) is 0 Å². The number of hydrogen-bond acceptors (Lipinski definition) is 3. The van der Waals surface area contributed by atoms with Crippen molar-refractivity contribution < 1.29 is 4.79 Å². The van der Waals surface area contributed by atoms with Crippen molar-refractivity contribution in [3.05, 3.63) is 30.0 Å². The number of carbonyl (C=O) groups is 1. The number of aromatic amines is 1. The van der Waals surface area contributed by atoms with E-state index in [0.29, 0.717) is 11.6 Å². The molecule has 100 valence electrons. The molecule has 0 spiro atoms. The van der Waals surface area contributed by atoms with Crippen LogP contribution in [0.25, 0.3) is 10.9 Å². The fourth-order valence-electron chi connectivity index (χ4n) is 2.54. The largest absolute Gasteiger partial charge is 0.352 e. The average molecular weight is 258 g/mol. The molecule has 0 saturated carbocycles. The second-order valence-electron chi connectivity index (χ2n) is 5.01. The summed E-state index contributed by atoms with van der Waals surface area (Å²) in [4.78, 5) is 12.0. The van der Waals surface area contributed by atoms with Crippen LogP contribution in [0.4, 0.5) is 0 Å². The van der Waals surface area contributed by atoms with Crippen molar-refractivity contribution >= 4 is 16.8 Å². The molecule has 1 amide bonds. The summed E-state index contributed by atoms with van der Waals surface area (Å²) < 4.78 is 0. The first-order chi connectivity index (χ1) is 9.33. The summed E-state index contributed by atoms with van der Waals surface area (Å²) in [7, 11) is 0. The van der Waals surface area contributed by atoms with Gasteiger partial charge >= 0.3 is 0 Å². The lowest BCUT2D eigenvalue weighted by Gasteiger charge is -2.10. The Labute approximate surface area is 111 Å². The Balaban J connectivity index is 1.56. The van der Waals surface area contributed by atoms with E-state index in [4.69, 9.17) is 0 Å². The van der Waals surface area contributed by atoms with Gasteiger partial charge in [0.25, 0.3) is 5.91 Å². The molecule has 2 aromatic rings. The Morgan fingerprint density at radius 1 is 1.47 bits per heavy atom. The number of aromatic nitrogens is 2.